The largest absolute Gasteiger partial charge is 0.494 e. The van der Waals surface area contributed by atoms with E-state index in [1.807, 2.05) is 32.0 Å². The lowest BCUT2D eigenvalue weighted by Gasteiger charge is -2.13. The maximum absolute atomic E-state index is 12.4. The molecule has 5 rings (SSSR count). The number of hydrogen-bond donors (Lipinski definition) is 1. The molecular weight excluding hydrogens is 446 g/mol. The molecule has 2 aliphatic rings. The number of nitrogens with zero attached hydrogens (tertiary/aromatic N) is 2. The van der Waals surface area contributed by atoms with E-state index in [1.54, 1.807) is 12.1 Å². The lowest BCUT2D eigenvalue weighted by molar-refractivity contribution is -0.118. The highest BCUT2D eigenvalue weighted by molar-refractivity contribution is 7.99. The first-order valence-corrected chi connectivity index (χ1v) is 11.7. The zero-order chi connectivity index (χ0) is 22.8. The van der Waals surface area contributed by atoms with Gasteiger partial charge in [0, 0.05) is 29.7 Å². The van der Waals surface area contributed by atoms with Crippen LogP contribution in [0.2, 0.25) is 0 Å². The minimum atomic E-state index is -0.153. The molecule has 1 N–H and O–H groups in total. The van der Waals surface area contributed by atoms with Crippen molar-refractivity contribution in [1.29, 1.82) is 0 Å². The van der Waals surface area contributed by atoms with E-state index >= 15 is 0 Å². The Hall–Kier alpha value is -3.40. The maximum Gasteiger partial charge on any atom is 0.277 e. The molecule has 0 aliphatic carbocycles. The molecule has 0 saturated heterocycles. The van der Waals surface area contributed by atoms with Crippen LogP contribution in [0.4, 0.5) is 0 Å². The van der Waals surface area contributed by atoms with Crippen LogP contribution < -0.4 is 24.3 Å². The average Bonchev–Trinajstić information content (AvgIpc) is 3.54. The van der Waals surface area contributed by atoms with Gasteiger partial charge in [-0.1, -0.05) is 11.8 Å². The van der Waals surface area contributed by atoms with Crippen molar-refractivity contribution in [3.63, 3.8) is 0 Å². The van der Waals surface area contributed by atoms with Crippen LogP contribution in [0.3, 0.4) is 0 Å². The standard InChI is InChI=1S/C23H23N3O6S/c1-3-28-18-8-15-6-13(2)31-19(15)9-16(18)10-24-21(27)11-33-23-26-25-22(32-23)14-4-5-17-20(7-14)30-12-29-17/h4-5,7-9,13H,3,6,10-12H2,1-2H3,(H,24,27)/t13-/m0/s1. The number of ether oxygens (including phenoxy) is 4. The second-order valence-electron chi connectivity index (χ2n) is 7.64. The SMILES string of the molecule is CCOc1cc2c(cc1CNC(=O)CSc1nnc(-c3ccc4c(c3)OCO4)o1)O[C@@H](C)C2. The Morgan fingerprint density at radius 1 is 1.18 bits per heavy atom. The molecule has 9 nitrogen and oxygen atoms in total. The highest BCUT2D eigenvalue weighted by Crippen LogP contribution is 2.36. The number of nitrogens with one attached hydrogen (secondary N) is 1. The smallest absolute Gasteiger partial charge is 0.277 e. The molecule has 2 aliphatic heterocycles. The fourth-order valence-corrected chi connectivity index (χ4v) is 4.29. The summed E-state index contributed by atoms with van der Waals surface area (Å²) in [6.45, 7) is 5.06. The van der Waals surface area contributed by atoms with Crippen molar-refractivity contribution in [2.45, 2.75) is 38.1 Å². The van der Waals surface area contributed by atoms with Crippen LogP contribution >= 0.6 is 11.8 Å². The molecule has 1 amide bonds. The number of hydrogen-bond acceptors (Lipinski definition) is 9. The quantitative estimate of drug-likeness (QED) is 0.496. The summed E-state index contributed by atoms with van der Waals surface area (Å²) in [4.78, 5) is 12.4. The lowest BCUT2D eigenvalue weighted by Crippen LogP contribution is -2.25. The molecule has 2 aromatic carbocycles. The summed E-state index contributed by atoms with van der Waals surface area (Å²) in [5.41, 5.74) is 2.73. The molecule has 0 fully saturated rings. The molecule has 0 saturated carbocycles. The second-order valence-corrected chi connectivity index (χ2v) is 8.57. The Kier molecular flexibility index (Phi) is 5.99. The lowest BCUT2D eigenvalue weighted by atomic mass is 10.1. The third kappa shape index (κ3) is 4.70. The van der Waals surface area contributed by atoms with E-state index in [0.29, 0.717) is 35.8 Å². The monoisotopic (exact) mass is 469 g/mol. The van der Waals surface area contributed by atoms with Crippen LogP contribution in [-0.4, -0.2) is 41.4 Å². The third-order valence-electron chi connectivity index (χ3n) is 5.21. The number of benzene rings is 2. The molecule has 0 unspecified atom stereocenters. The van der Waals surface area contributed by atoms with Gasteiger partial charge in [0.1, 0.15) is 17.6 Å². The van der Waals surface area contributed by atoms with Crippen LogP contribution in [0.5, 0.6) is 23.0 Å². The Labute approximate surface area is 194 Å². The van der Waals surface area contributed by atoms with Gasteiger partial charge in [0.25, 0.3) is 5.22 Å². The van der Waals surface area contributed by atoms with Crippen molar-refractivity contribution in [2.75, 3.05) is 19.2 Å². The summed E-state index contributed by atoms with van der Waals surface area (Å²) >= 11 is 1.18. The molecule has 3 aromatic rings. The number of carbonyl (C=O) groups excluding carboxylic acids is 1. The highest BCUT2D eigenvalue weighted by Gasteiger charge is 2.22. The summed E-state index contributed by atoms with van der Waals surface area (Å²) in [5.74, 6) is 3.29. The Morgan fingerprint density at radius 2 is 2.06 bits per heavy atom. The highest BCUT2D eigenvalue weighted by atomic mass is 32.2. The van der Waals surface area contributed by atoms with Crippen molar-refractivity contribution < 1.29 is 28.2 Å². The van der Waals surface area contributed by atoms with Gasteiger partial charge in [-0.2, -0.15) is 0 Å². The minimum absolute atomic E-state index is 0.144. The third-order valence-corrected chi connectivity index (χ3v) is 6.03. The van der Waals surface area contributed by atoms with E-state index in [9.17, 15) is 4.79 Å². The van der Waals surface area contributed by atoms with Gasteiger partial charge in [0.05, 0.1) is 12.4 Å². The van der Waals surface area contributed by atoms with Crippen LogP contribution in [-0.2, 0) is 17.8 Å². The minimum Gasteiger partial charge on any atom is -0.494 e. The van der Waals surface area contributed by atoms with E-state index in [2.05, 4.69) is 15.5 Å². The predicted octanol–water partition coefficient (Wildman–Crippen LogP) is 3.60. The zero-order valence-corrected chi connectivity index (χ0v) is 19.1. The number of carbonyl (C=O) groups is 1. The number of rotatable bonds is 8. The fraction of sp³-hybridized carbons (Fsp3) is 0.348. The Balaban J connectivity index is 1.17. The molecule has 33 heavy (non-hydrogen) atoms. The number of fused-ring (bicyclic) bond motifs is 2. The van der Waals surface area contributed by atoms with Gasteiger partial charge in [0.2, 0.25) is 18.6 Å². The molecule has 3 heterocycles. The van der Waals surface area contributed by atoms with Crippen LogP contribution in [0.15, 0.2) is 40.0 Å². The summed E-state index contributed by atoms with van der Waals surface area (Å²) < 4.78 is 28.0. The number of aromatic nitrogens is 2. The summed E-state index contributed by atoms with van der Waals surface area (Å²) in [7, 11) is 0. The first-order valence-electron chi connectivity index (χ1n) is 10.7. The van der Waals surface area contributed by atoms with Crippen LogP contribution in [0.25, 0.3) is 11.5 Å². The van der Waals surface area contributed by atoms with E-state index < -0.39 is 0 Å². The van der Waals surface area contributed by atoms with E-state index in [-0.39, 0.29) is 24.6 Å². The first-order chi connectivity index (χ1) is 16.1. The van der Waals surface area contributed by atoms with E-state index in [4.69, 9.17) is 23.4 Å². The normalized spacial score (nSPS) is 15.8. The molecule has 0 spiro atoms. The van der Waals surface area contributed by atoms with Crippen molar-refractivity contribution in [2.24, 2.45) is 0 Å². The van der Waals surface area contributed by atoms with Crippen molar-refractivity contribution in [3.05, 3.63) is 41.5 Å². The van der Waals surface area contributed by atoms with Gasteiger partial charge in [-0.05, 0) is 44.2 Å². The molecule has 0 radical (unpaired) electrons. The van der Waals surface area contributed by atoms with Crippen LogP contribution in [0, 0.1) is 0 Å². The summed E-state index contributed by atoms with van der Waals surface area (Å²) in [6.07, 6.45) is 1.00. The zero-order valence-electron chi connectivity index (χ0n) is 18.3. The average molecular weight is 470 g/mol. The van der Waals surface area contributed by atoms with Crippen molar-refractivity contribution >= 4 is 17.7 Å². The van der Waals surface area contributed by atoms with Gasteiger partial charge >= 0.3 is 0 Å². The summed E-state index contributed by atoms with van der Waals surface area (Å²) in [6, 6.07) is 9.36. The van der Waals surface area contributed by atoms with E-state index in [1.165, 1.54) is 11.8 Å². The fourth-order valence-electron chi connectivity index (χ4n) is 3.70. The molecule has 10 heteroatoms. The Morgan fingerprint density at radius 3 is 2.94 bits per heavy atom. The topological polar surface area (TPSA) is 105 Å². The van der Waals surface area contributed by atoms with Crippen molar-refractivity contribution in [3.8, 4) is 34.5 Å². The molecule has 1 aromatic heterocycles. The van der Waals surface area contributed by atoms with Crippen LogP contribution in [0.1, 0.15) is 25.0 Å². The maximum atomic E-state index is 12.4. The van der Waals surface area contributed by atoms with Gasteiger partial charge in [0.15, 0.2) is 11.5 Å². The van der Waals surface area contributed by atoms with Gasteiger partial charge in [-0.3, -0.25) is 4.79 Å². The first kappa shape index (κ1) is 21.4. The molecule has 1 atom stereocenters. The number of thioether (sulfide) groups is 1. The second kappa shape index (κ2) is 9.22. The summed E-state index contributed by atoms with van der Waals surface area (Å²) in [5, 5.41) is 11.3. The van der Waals surface area contributed by atoms with E-state index in [0.717, 1.165) is 34.6 Å². The molecular formula is C23H23N3O6S. The number of amides is 1. The molecule has 172 valence electrons. The van der Waals surface area contributed by atoms with Gasteiger partial charge < -0.3 is 28.7 Å². The van der Waals surface area contributed by atoms with Gasteiger partial charge in [-0.25, -0.2) is 0 Å². The van der Waals surface area contributed by atoms with Gasteiger partial charge in [-0.15, -0.1) is 10.2 Å². The predicted molar refractivity (Wildman–Crippen MR) is 120 cm³/mol. The Bertz CT molecular complexity index is 1180. The molecule has 0 bridgehead atoms. The van der Waals surface area contributed by atoms with Crippen molar-refractivity contribution in [1.82, 2.24) is 15.5 Å².